The van der Waals surface area contributed by atoms with E-state index in [0.29, 0.717) is 39.9 Å². The lowest BCUT2D eigenvalue weighted by molar-refractivity contribution is -0.534. The van der Waals surface area contributed by atoms with Gasteiger partial charge in [0.15, 0.2) is 17.0 Å². The van der Waals surface area contributed by atoms with E-state index in [1.807, 2.05) is 19.1 Å². The first kappa shape index (κ1) is 25.3. The highest BCUT2D eigenvalue weighted by molar-refractivity contribution is 6.32. The maximum absolute atomic E-state index is 13.4. The molecule has 3 atom stereocenters. The summed E-state index contributed by atoms with van der Waals surface area (Å²) in [6.45, 7) is 2.70. The van der Waals surface area contributed by atoms with E-state index in [1.165, 1.54) is 0 Å². The second-order valence-corrected chi connectivity index (χ2v) is 10.0. The number of benzene rings is 3. The predicted molar refractivity (Wildman–Crippen MR) is 141 cm³/mol. The van der Waals surface area contributed by atoms with Crippen LogP contribution in [-0.2, 0) is 16.9 Å². The van der Waals surface area contributed by atoms with Gasteiger partial charge in [0.25, 0.3) is 11.9 Å². The summed E-state index contributed by atoms with van der Waals surface area (Å²) in [7, 11) is 1.74. The number of carbonyl (C=O) groups is 1. The number of fused-ring (bicyclic) bond motifs is 2. The maximum atomic E-state index is 13.4. The van der Waals surface area contributed by atoms with Crippen molar-refractivity contribution in [3.8, 4) is 11.5 Å². The van der Waals surface area contributed by atoms with Crippen LogP contribution < -0.4 is 14.8 Å². The predicted octanol–water partition coefficient (Wildman–Crippen LogP) is 5.49. The lowest BCUT2D eigenvalue weighted by Gasteiger charge is -2.30. The summed E-state index contributed by atoms with van der Waals surface area (Å²) in [5.41, 5.74) is 1.25. The van der Waals surface area contributed by atoms with Crippen molar-refractivity contribution in [1.82, 2.24) is 4.90 Å². The summed E-state index contributed by atoms with van der Waals surface area (Å²) < 4.78 is 11.9. The number of anilines is 1. The lowest BCUT2D eigenvalue weighted by Crippen LogP contribution is -2.54. The Labute approximate surface area is 224 Å². The number of hydrogen-bond acceptors (Lipinski definition) is 6. The maximum Gasteiger partial charge on any atom is 0.256 e. The molecule has 8 nitrogen and oxygen atoms in total. The highest BCUT2D eigenvalue weighted by atomic mass is 35.5. The van der Waals surface area contributed by atoms with E-state index in [2.05, 4.69) is 5.32 Å². The van der Waals surface area contributed by atoms with E-state index in [-0.39, 0.29) is 23.1 Å². The molecule has 0 radical (unpaired) electrons. The van der Waals surface area contributed by atoms with Gasteiger partial charge >= 0.3 is 0 Å². The largest absolute Gasteiger partial charge is 0.490 e. The zero-order valence-electron chi connectivity index (χ0n) is 20.2. The molecule has 5 rings (SSSR count). The van der Waals surface area contributed by atoms with Crippen molar-refractivity contribution < 1.29 is 19.2 Å². The van der Waals surface area contributed by atoms with Crippen molar-refractivity contribution in [1.29, 1.82) is 0 Å². The van der Waals surface area contributed by atoms with Crippen LogP contribution in [0, 0.1) is 10.1 Å². The first-order valence-electron chi connectivity index (χ1n) is 11.9. The highest BCUT2D eigenvalue weighted by Crippen LogP contribution is 2.53. The number of nitrogens with one attached hydrogen (secondary N) is 1. The second kappa shape index (κ2) is 9.85. The molecular formula is C27H25Cl2N3O5. The summed E-state index contributed by atoms with van der Waals surface area (Å²) in [5, 5.41) is 16.3. The first-order valence-corrected chi connectivity index (χ1v) is 12.6. The fourth-order valence-electron chi connectivity index (χ4n) is 5.52. The van der Waals surface area contributed by atoms with Crippen molar-refractivity contribution in [3.05, 3.63) is 97.5 Å². The van der Waals surface area contributed by atoms with Crippen LogP contribution in [0.1, 0.15) is 29.5 Å². The van der Waals surface area contributed by atoms with E-state index < -0.39 is 23.4 Å². The van der Waals surface area contributed by atoms with Gasteiger partial charge in [-0.1, -0.05) is 53.5 Å². The fraction of sp³-hybridized carbons (Fsp3) is 0.296. The molecule has 2 aliphatic heterocycles. The van der Waals surface area contributed by atoms with Crippen LogP contribution in [0.25, 0.3) is 0 Å². The molecule has 0 bridgehead atoms. The summed E-state index contributed by atoms with van der Waals surface area (Å²) in [6, 6.07) is 16.5. The number of nitro groups is 1. The van der Waals surface area contributed by atoms with E-state index >= 15 is 0 Å². The Kier molecular flexibility index (Phi) is 6.74. The van der Waals surface area contributed by atoms with Gasteiger partial charge in [0.1, 0.15) is 6.61 Å². The second-order valence-electron chi connectivity index (χ2n) is 9.16. The molecule has 3 aromatic rings. The van der Waals surface area contributed by atoms with Crippen LogP contribution >= 0.6 is 23.2 Å². The van der Waals surface area contributed by atoms with Crippen molar-refractivity contribution in [2.24, 2.45) is 0 Å². The molecule has 1 saturated heterocycles. The number of nitrogens with zero attached hydrogens (tertiary/aromatic N) is 2. The number of likely N-dealkylation sites (N-methyl/N-ethyl adjacent to an activating group) is 1. The van der Waals surface area contributed by atoms with Crippen LogP contribution in [-0.4, -0.2) is 42.0 Å². The molecule has 1 amide bonds. The number of ether oxygens (including phenoxy) is 2. The Balaban J connectivity index is 1.53. The fourth-order valence-corrected chi connectivity index (χ4v) is 5.92. The average Bonchev–Trinajstić information content (AvgIpc) is 3.34. The van der Waals surface area contributed by atoms with Gasteiger partial charge in [0.2, 0.25) is 0 Å². The highest BCUT2D eigenvalue weighted by Gasteiger charge is 2.68. The Bertz CT molecular complexity index is 1370. The topological polar surface area (TPSA) is 93.9 Å². The van der Waals surface area contributed by atoms with Crippen molar-refractivity contribution in [2.75, 3.05) is 25.5 Å². The van der Waals surface area contributed by atoms with Crippen LogP contribution in [0.5, 0.6) is 11.5 Å². The Morgan fingerprint density at radius 2 is 1.86 bits per heavy atom. The minimum Gasteiger partial charge on any atom is -0.490 e. The molecule has 0 unspecified atom stereocenters. The van der Waals surface area contributed by atoms with Crippen LogP contribution in [0.15, 0.2) is 60.7 Å². The molecule has 1 spiro atoms. The molecular weight excluding hydrogens is 517 g/mol. The van der Waals surface area contributed by atoms with Gasteiger partial charge in [-0.15, -0.1) is 0 Å². The number of amides is 1. The third kappa shape index (κ3) is 4.19. The standard InChI is InChI=1S/C27H25Cl2N3O5/c1-3-36-23-13-17(12-21(29)24(23)37-15-16-8-10-18(28)11-9-16)19-14-31(2)27(25(19)32(34)35)20-6-4-5-7-22(20)30-26(27)33/h4-13,19,25H,3,14-15H2,1-2H3,(H,30,33)/t19-,25+,27-/m0/s1. The van der Waals surface area contributed by atoms with Crippen molar-refractivity contribution in [2.45, 2.75) is 31.0 Å². The van der Waals surface area contributed by atoms with Crippen LogP contribution in [0.3, 0.4) is 0 Å². The van der Waals surface area contributed by atoms with Gasteiger partial charge in [-0.2, -0.15) is 0 Å². The van der Waals surface area contributed by atoms with Gasteiger partial charge in [0.05, 0.1) is 17.5 Å². The molecule has 0 saturated carbocycles. The van der Waals surface area contributed by atoms with E-state index in [9.17, 15) is 14.9 Å². The molecule has 1 fully saturated rings. The van der Waals surface area contributed by atoms with Gasteiger partial charge in [-0.25, -0.2) is 0 Å². The summed E-state index contributed by atoms with van der Waals surface area (Å²) in [6.07, 6.45) is 0. The molecule has 3 aromatic carbocycles. The van der Waals surface area contributed by atoms with Gasteiger partial charge in [-0.05, 0) is 55.4 Å². The minimum absolute atomic E-state index is 0.236. The number of likely N-dealkylation sites (tertiary alicyclic amines) is 1. The summed E-state index contributed by atoms with van der Waals surface area (Å²) >= 11 is 12.6. The number of carbonyl (C=O) groups excluding carboxylic acids is 1. The minimum atomic E-state index is -1.44. The molecule has 1 N–H and O–H groups in total. The van der Waals surface area contributed by atoms with Crippen molar-refractivity contribution in [3.63, 3.8) is 0 Å². The molecule has 2 heterocycles. The molecule has 0 aromatic heterocycles. The third-order valence-electron chi connectivity index (χ3n) is 7.10. The molecule has 2 aliphatic rings. The lowest BCUT2D eigenvalue weighted by atomic mass is 9.79. The van der Waals surface area contributed by atoms with E-state index in [1.54, 1.807) is 60.5 Å². The van der Waals surface area contributed by atoms with Gasteiger partial charge in [0, 0.05) is 27.7 Å². The monoisotopic (exact) mass is 541 g/mol. The number of halogens is 2. The Hall–Kier alpha value is -3.33. The Morgan fingerprint density at radius 3 is 2.57 bits per heavy atom. The number of hydrogen-bond donors (Lipinski definition) is 1. The zero-order chi connectivity index (χ0) is 26.3. The number of rotatable bonds is 7. The Morgan fingerprint density at radius 1 is 1.14 bits per heavy atom. The summed E-state index contributed by atoms with van der Waals surface area (Å²) in [4.78, 5) is 27.4. The smallest absolute Gasteiger partial charge is 0.256 e. The van der Waals surface area contributed by atoms with E-state index in [4.69, 9.17) is 32.7 Å². The van der Waals surface area contributed by atoms with Gasteiger partial charge in [-0.3, -0.25) is 19.8 Å². The van der Waals surface area contributed by atoms with Crippen LogP contribution in [0.2, 0.25) is 10.0 Å². The quantitative estimate of drug-likeness (QED) is 0.314. The van der Waals surface area contributed by atoms with Crippen molar-refractivity contribution >= 4 is 34.8 Å². The zero-order valence-corrected chi connectivity index (χ0v) is 21.8. The van der Waals surface area contributed by atoms with E-state index in [0.717, 1.165) is 5.56 Å². The molecule has 37 heavy (non-hydrogen) atoms. The molecule has 192 valence electrons. The SMILES string of the molecule is CCOc1cc([C@@H]2CN(C)[C@]3(C(=O)Nc4ccccc43)[C@@H]2[N+](=O)[O-])cc(Cl)c1OCc1ccc(Cl)cc1. The first-order chi connectivity index (χ1) is 17.8. The third-order valence-corrected chi connectivity index (χ3v) is 7.63. The number of para-hydroxylation sites is 1. The summed E-state index contributed by atoms with van der Waals surface area (Å²) in [5.74, 6) is -0.288. The molecule has 10 heteroatoms. The van der Waals surface area contributed by atoms with Gasteiger partial charge < -0.3 is 14.8 Å². The van der Waals surface area contributed by atoms with Crippen LogP contribution in [0.4, 0.5) is 5.69 Å². The normalized spacial score (nSPS) is 22.6. The average molecular weight is 542 g/mol. The molecule has 0 aliphatic carbocycles.